The molecule has 1 saturated heterocycles. The molecule has 194 valence electrons. The standard InChI is InChI=1S/C30H38N2O2S.ClH/c1-24-20-25(2)22-29(21-24)28(23-31(3)35(33,34)30-12-8-5-9-13-30)16-19-32-17-14-27(15-18-32)26-10-6-4-7-11-26;/h4-13,20-22,27-28H,14-19,23H2,1-3H3;1H. The molecule has 0 saturated carbocycles. The zero-order valence-electron chi connectivity index (χ0n) is 21.6. The summed E-state index contributed by atoms with van der Waals surface area (Å²) >= 11 is 0. The number of nitrogens with zero attached hydrogens (tertiary/aromatic N) is 2. The molecule has 0 spiro atoms. The third-order valence-electron chi connectivity index (χ3n) is 7.30. The van der Waals surface area contributed by atoms with E-state index >= 15 is 0 Å². The molecule has 0 aliphatic carbocycles. The van der Waals surface area contributed by atoms with Crippen LogP contribution in [0.25, 0.3) is 0 Å². The van der Waals surface area contributed by atoms with E-state index in [2.05, 4.69) is 67.3 Å². The van der Waals surface area contributed by atoms with Gasteiger partial charge in [-0.3, -0.25) is 0 Å². The zero-order valence-corrected chi connectivity index (χ0v) is 23.3. The second-order valence-electron chi connectivity index (χ2n) is 10.0. The predicted molar refractivity (Wildman–Crippen MR) is 152 cm³/mol. The maximum Gasteiger partial charge on any atom is 0.242 e. The minimum absolute atomic E-state index is 0. The lowest BCUT2D eigenvalue weighted by atomic mass is 9.88. The normalized spacial score (nSPS) is 16.0. The highest BCUT2D eigenvalue weighted by atomic mass is 35.5. The van der Waals surface area contributed by atoms with Crippen LogP contribution in [0.4, 0.5) is 0 Å². The van der Waals surface area contributed by atoms with Crippen molar-refractivity contribution in [1.82, 2.24) is 9.21 Å². The van der Waals surface area contributed by atoms with Crippen LogP contribution in [0.3, 0.4) is 0 Å². The van der Waals surface area contributed by atoms with Crippen LogP contribution in [0, 0.1) is 13.8 Å². The zero-order chi connectivity index (χ0) is 24.8. The average Bonchev–Trinajstić information content (AvgIpc) is 2.87. The Balaban J connectivity index is 0.00000361. The number of halogens is 1. The average molecular weight is 527 g/mol. The van der Waals surface area contributed by atoms with Crippen LogP contribution < -0.4 is 0 Å². The van der Waals surface area contributed by atoms with Gasteiger partial charge >= 0.3 is 0 Å². The summed E-state index contributed by atoms with van der Waals surface area (Å²) in [6.07, 6.45) is 3.30. The highest BCUT2D eigenvalue weighted by molar-refractivity contribution is 7.89. The molecule has 0 N–H and O–H groups in total. The van der Waals surface area contributed by atoms with Crippen molar-refractivity contribution in [2.24, 2.45) is 0 Å². The molecule has 1 heterocycles. The maximum absolute atomic E-state index is 13.2. The van der Waals surface area contributed by atoms with Crippen LogP contribution >= 0.6 is 12.4 Å². The Bertz CT molecular complexity index is 1170. The van der Waals surface area contributed by atoms with Crippen LogP contribution in [0.2, 0.25) is 0 Å². The first-order chi connectivity index (χ1) is 16.8. The van der Waals surface area contributed by atoms with E-state index in [4.69, 9.17) is 0 Å². The van der Waals surface area contributed by atoms with E-state index < -0.39 is 10.0 Å². The Morgan fingerprint density at radius 1 is 0.889 bits per heavy atom. The highest BCUT2D eigenvalue weighted by Gasteiger charge is 2.26. The van der Waals surface area contributed by atoms with Gasteiger partial charge in [-0.1, -0.05) is 77.9 Å². The first-order valence-electron chi connectivity index (χ1n) is 12.7. The summed E-state index contributed by atoms with van der Waals surface area (Å²) in [5.74, 6) is 0.786. The van der Waals surface area contributed by atoms with Gasteiger partial charge in [0.2, 0.25) is 10.0 Å². The van der Waals surface area contributed by atoms with Crippen LogP contribution in [0.1, 0.15) is 53.4 Å². The molecular formula is C30H39ClN2O2S. The number of sulfonamides is 1. The largest absolute Gasteiger partial charge is 0.303 e. The monoisotopic (exact) mass is 526 g/mol. The van der Waals surface area contributed by atoms with E-state index in [1.54, 1.807) is 31.3 Å². The van der Waals surface area contributed by atoms with Crippen molar-refractivity contribution < 1.29 is 8.42 Å². The predicted octanol–water partition coefficient (Wildman–Crippen LogP) is 6.40. The number of hydrogen-bond donors (Lipinski definition) is 0. The highest BCUT2D eigenvalue weighted by Crippen LogP contribution is 2.30. The van der Waals surface area contributed by atoms with E-state index in [-0.39, 0.29) is 18.3 Å². The molecule has 1 atom stereocenters. The molecule has 36 heavy (non-hydrogen) atoms. The molecule has 6 heteroatoms. The van der Waals surface area contributed by atoms with Gasteiger partial charge in [-0.15, -0.1) is 12.4 Å². The van der Waals surface area contributed by atoms with Crippen molar-refractivity contribution in [3.8, 4) is 0 Å². The van der Waals surface area contributed by atoms with Crippen molar-refractivity contribution >= 4 is 22.4 Å². The van der Waals surface area contributed by atoms with Gasteiger partial charge in [-0.25, -0.2) is 12.7 Å². The third kappa shape index (κ3) is 7.19. The van der Waals surface area contributed by atoms with Crippen LogP contribution in [0.15, 0.2) is 83.8 Å². The lowest BCUT2D eigenvalue weighted by molar-refractivity contribution is 0.203. The molecule has 0 bridgehead atoms. The Kier molecular flexibility index (Phi) is 10.1. The molecule has 1 aliphatic rings. The summed E-state index contributed by atoms with van der Waals surface area (Å²) in [4.78, 5) is 2.91. The maximum atomic E-state index is 13.2. The molecule has 0 amide bonds. The van der Waals surface area contributed by atoms with Gasteiger partial charge in [0.15, 0.2) is 0 Å². The quantitative estimate of drug-likeness (QED) is 0.324. The molecule has 1 aliphatic heterocycles. The fraction of sp³-hybridized carbons (Fsp3) is 0.400. The van der Waals surface area contributed by atoms with Gasteiger partial charge < -0.3 is 4.90 Å². The molecule has 0 aromatic heterocycles. The molecule has 3 aromatic carbocycles. The molecule has 0 radical (unpaired) electrons. The van der Waals surface area contributed by atoms with Gasteiger partial charge in [-0.05, 0) is 87.8 Å². The number of hydrogen-bond acceptors (Lipinski definition) is 3. The van der Waals surface area contributed by atoms with Gasteiger partial charge in [-0.2, -0.15) is 0 Å². The van der Waals surface area contributed by atoms with Crippen molar-refractivity contribution in [2.45, 2.75) is 49.8 Å². The second-order valence-corrected chi connectivity index (χ2v) is 12.1. The van der Waals surface area contributed by atoms with Gasteiger partial charge in [0, 0.05) is 13.6 Å². The Morgan fingerprint density at radius 2 is 1.44 bits per heavy atom. The minimum Gasteiger partial charge on any atom is -0.303 e. The van der Waals surface area contributed by atoms with Crippen LogP contribution in [-0.2, 0) is 10.0 Å². The van der Waals surface area contributed by atoms with E-state index in [0.29, 0.717) is 17.4 Å². The SMILES string of the molecule is Cc1cc(C)cc(C(CCN2CCC(c3ccccc3)CC2)CN(C)S(=O)(=O)c2ccccc2)c1.Cl. The van der Waals surface area contributed by atoms with Crippen molar-refractivity contribution in [3.63, 3.8) is 0 Å². The van der Waals surface area contributed by atoms with Gasteiger partial charge in [0.05, 0.1) is 4.90 Å². The topological polar surface area (TPSA) is 40.6 Å². The number of benzene rings is 3. The second kappa shape index (κ2) is 12.9. The van der Waals surface area contributed by atoms with E-state index in [1.807, 2.05) is 6.07 Å². The van der Waals surface area contributed by atoms with Gasteiger partial charge in [0.1, 0.15) is 0 Å². The number of rotatable bonds is 9. The fourth-order valence-electron chi connectivity index (χ4n) is 5.34. The van der Waals surface area contributed by atoms with Crippen molar-refractivity contribution in [3.05, 3.63) is 101 Å². The van der Waals surface area contributed by atoms with Crippen molar-refractivity contribution in [1.29, 1.82) is 0 Å². The molecule has 4 rings (SSSR count). The molecule has 1 unspecified atom stereocenters. The Morgan fingerprint density at radius 3 is 2.03 bits per heavy atom. The first-order valence-corrected chi connectivity index (χ1v) is 14.1. The summed E-state index contributed by atoms with van der Waals surface area (Å²) in [6, 6.07) is 26.2. The fourth-order valence-corrected chi connectivity index (χ4v) is 6.58. The Hall–Kier alpha value is -2.18. The summed E-state index contributed by atoms with van der Waals surface area (Å²) in [7, 11) is -1.81. The van der Waals surface area contributed by atoms with E-state index in [0.717, 1.165) is 26.1 Å². The first kappa shape index (κ1) is 28.4. The smallest absolute Gasteiger partial charge is 0.242 e. The number of aryl methyl sites for hydroxylation is 2. The van der Waals surface area contributed by atoms with Crippen LogP contribution in [-0.4, -0.2) is 50.8 Å². The number of likely N-dealkylation sites (tertiary alicyclic amines) is 1. The molecule has 4 nitrogen and oxygen atoms in total. The summed E-state index contributed by atoms with van der Waals surface area (Å²) in [5, 5.41) is 0. The Labute approximate surface area is 223 Å². The number of piperidine rings is 1. The van der Waals surface area contributed by atoms with E-state index in [9.17, 15) is 8.42 Å². The van der Waals surface area contributed by atoms with Crippen LogP contribution in [0.5, 0.6) is 0 Å². The van der Waals surface area contributed by atoms with E-state index in [1.165, 1.54) is 39.4 Å². The lowest BCUT2D eigenvalue weighted by Crippen LogP contribution is -2.36. The number of likely N-dealkylation sites (N-methyl/N-ethyl adjacent to an activating group) is 1. The lowest BCUT2D eigenvalue weighted by Gasteiger charge is -2.33. The summed E-state index contributed by atoms with van der Waals surface area (Å²) in [6.45, 7) is 7.88. The molecule has 1 fully saturated rings. The summed E-state index contributed by atoms with van der Waals surface area (Å²) < 4.78 is 28.0. The summed E-state index contributed by atoms with van der Waals surface area (Å²) in [5.41, 5.74) is 5.13. The van der Waals surface area contributed by atoms with Gasteiger partial charge in [0.25, 0.3) is 0 Å². The third-order valence-corrected chi connectivity index (χ3v) is 9.13. The molecule has 3 aromatic rings. The minimum atomic E-state index is -3.52. The molecular weight excluding hydrogens is 488 g/mol. The van der Waals surface area contributed by atoms with Crippen molar-refractivity contribution in [2.75, 3.05) is 33.2 Å².